The number of nitrogens with zero attached hydrogens (tertiary/aromatic N) is 2. The van der Waals surface area contributed by atoms with Crippen LogP contribution in [0, 0.1) is 11.8 Å². The molecule has 0 amide bonds. The van der Waals surface area contributed by atoms with Crippen LogP contribution in [0.15, 0.2) is 12.4 Å². The fraction of sp³-hybridized carbons (Fsp3) is 0.727. The van der Waals surface area contributed by atoms with E-state index in [1.54, 1.807) is 6.20 Å². The first-order valence-electron chi connectivity index (χ1n) is 5.43. The Bertz CT molecular complexity index is 338. The molecule has 0 bridgehead atoms. The van der Waals surface area contributed by atoms with Gasteiger partial charge in [0.1, 0.15) is 11.4 Å². The standard InChI is InChI=1S/C11H16N2O/c1-13-7-6-12-10(13)11(14,8-2-3-8)9-4-5-9/h6-9,14H,2-5H2,1H3. The summed E-state index contributed by atoms with van der Waals surface area (Å²) in [6.07, 6.45) is 8.37. The number of hydrogen-bond acceptors (Lipinski definition) is 2. The van der Waals surface area contributed by atoms with Gasteiger partial charge in [-0.3, -0.25) is 0 Å². The second-order valence-corrected chi connectivity index (χ2v) is 4.74. The molecule has 0 spiro atoms. The molecule has 0 saturated heterocycles. The lowest BCUT2D eigenvalue weighted by Crippen LogP contribution is -2.34. The molecule has 1 aromatic heterocycles. The molecule has 3 nitrogen and oxygen atoms in total. The van der Waals surface area contributed by atoms with E-state index in [1.165, 1.54) is 25.7 Å². The zero-order valence-corrected chi connectivity index (χ0v) is 8.48. The van der Waals surface area contributed by atoms with Gasteiger partial charge in [-0.05, 0) is 37.5 Å². The molecule has 2 fully saturated rings. The Kier molecular flexibility index (Phi) is 1.57. The van der Waals surface area contributed by atoms with Crippen LogP contribution in [0.5, 0.6) is 0 Å². The molecule has 3 rings (SSSR count). The lowest BCUT2D eigenvalue weighted by Gasteiger charge is -2.27. The van der Waals surface area contributed by atoms with Gasteiger partial charge in [0.2, 0.25) is 0 Å². The van der Waals surface area contributed by atoms with Crippen molar-refractivity contribution in [1.29, 1.82) is 0 Å². The molecule has 2 aliphatic carbocycles. The zero-order chi connectivity index (χ0) is 9.76. The average molecular weight is 192 g/mol. The highest BCUT2D eigenvalue weighted by molar-refractivity contribution is 5.16. The summed E-state index contributed by atoms with van der Waals surface area (Å²) in [4.78, 5) is 4.32. The first kappa shape index (κ1) is 8.48. The van der Waals surface area contributed by atoms with Gasteiger partial charge in [0.05, 0.1) is 0 Å². The first-order valence-corrected chi connectivity index (χ1v) is 5.43. The normalized spacial score (nSPS) is 22.7. The maximum Gasteiger partial charge on any atom is 0.141 e. The minimum atomic E-state index is -0.613. The summed E-state index contributed by atoms with van der Waals surface area (Å²) in [5.41, 5.74) is -0.613. The van der Waals surface area contributed by atoms with Gasteiger partial charge in [-0.25, -0.2) is 4.98 Å². The summed E-state index contributed by atoms with van der Waals surface area (Å²) in [5, 5.41) is 10.7. The topological polar surface area (TPSA) is 38.0 Å². The fourth-order valence-corrected chi connectivity index (χ4v) is 2.50. The van der Waals surface area contributed by atoms with Crippen molar-refractivity contribution in [3.8, 4) is 0 Å². The van der Waals surface area contributed by atoms with Crippen LogP contribution in [-0.4, -0.2) is 14.7 Å². The van der Waals surface area contributed by atoms with Crippen molar-refractivity contribution in [2.45, 2.75) is 31.3 Å². The third-order valence-corrected chi connectivity index (χ3v) is 3.58. The van der Waals surface area contributed by atoms with Crippen LogP contribution in [0.2, 0.25) is 0 Å². The molecular formula is C11H16N2O. The van der Waals surface area contributed by atoms with Crippen molar-refractivity contribution in [3.63, 3.8) is 0 Å². The molecule has 76 valence electrons. The predicted octanol–water partition coefficient (Wildman–Crippen LogP) is 1.43. The molecule has 0 radical (unpaired) electrons. The molecule has 0 aromatic carbocycles. The minimum absolute atomic E-state index is 0.469. The molecule has 14 heavy (non-hydrogen) atoms. The molecule has 0 atom stereocenters. The highest BCUT2D eigenvalue weighted by Crippen LogP contribution is 2.56. The number of aryl methyl sites for hydroxylation is 1. The monoisotopic (exact) mass is 192 g/mol. The summed E-state index contributed by atoms with van der Waals surface area (Å²) in [6.45, 7) is 0. The lowest BCUT2D eigenvalue weighted by atomic mass is 9.91. The van der Waals surface area contributed by atoms with Crippen LogP contribution in [-0.2, 0) is 12.6 Å². The van der Waals surface area contributed by atoms with Crippen LogP contribution in [0.3, 0.4) is 0 Å². The summed E-state index contributed by atoms with van der Waals surface area (Å²) in [7, 11) is 1.97. The maximum atomic E-state index is 10.7. The van der Waals surface area contributed by atoms with Gasteiger partial charge in [0.25, 0.3) is 0 Å². The van der Waals surface area contributed by atoms with Crippen LogP contribution < -0.4 is 0 Å². The van der Waals surface area contributed by atoms with Crippen molar-refractivity contribution in [2.24, 2.45) is 18.9 Å². The minimum Gasteiger partial charge on any atom is -0.381 e. The molecule has 2 aliphatic rings. The van der Waals surface area contributed by atoms with E-state index in [-0.39, 0.29) is 0 Å². The second-order valence-electron chi connectivity index (χ2n) is 4.74. The quantitative estimate of drug-likeness (QED) is 0.786. The van der Waals surface area contributed by atoms with Crippen molar-refractivity contribution in [3.05, 3.63) is 18.2 Å². The van der Waals surface area contributed by atoms with Crippen molar-refractivity contribution < 1.29 is 5.11 Å². The summed E-state index contributed by atoms with van der Waals surface area (Å²) in [5.74, 6) is 1.81. The number of hydrogen-bond donors (Lipinski definition) is 1. The second kappa shape index (κ2) is 2.60. The van der Waals surface area contributed by atoms with Gasteiger partial charge in [0.15, 0.2) is 0 Å². The van der Waals surface area contributed by atoms with E-state index in [0.29, 0.717) is 11.8 Å². The average Bonchev–Trinajstić information content (AvgIpc) is 3.00. The van der Waals surface area contributed by atoms with E-state index < -0.39 is 5.60 Å². The number of aromatic nitrogens is 2. The molecule has 3 heteroatoms. The third kappa shape index (κ3) is 1.05. The molecule has 1 N–H and O–H groups in total. The molecule has 1 heterocycles. The van der Waals surface area contributed by atoms with E-state index in [1.807, 2.05) is 17.8 Å². The number of imidazole rings is 1. The molecular weight excluding hydrogens is 176 g/mol. The van der Waals surface area contributed by atoms with Crippen LogP contribution >= 0.6 is 0 Å². The Morgan fingerprint density at radius 3 is 2.29 bits per heavy atom. The van der Waals surface area contributed by atoms with Crippen molar-refractivity contribution >= 4 is 0 Å². The highest BCUT2D eigenvalue weighted by Gasteiger charge is 2.56. The number of aliphatic hydroxyl groups is 1. The number of rotatable bonds is 3. The Morgan fingerprint density at radius 2 is 1.93 bits per heavy atom. The van der Waals surface area contributed by atoms with Gasteiger partial charge >= 0.3 is 0 Å². The summed E-state index contributed by atoms with van der Waals surface area (Å²) >= 11 is 0. The van der Waals surface area contributed by atoms with Gasteiger partial charge in [0, 0.05) is 19.4 Å². The Morgan fingerprint density at radius 1 is 1.36 bits per heavy atom. The fourth-order valence-electron chi connectivity index (χ4n) is 2.50. The Balaban J connectivity index is 2.02. The van der Waals surface area contributed by atoms with E-state index >= 15 is 0 Å². The SMILES string of the molecule is Cn1ccnc1C(O)(C1CC1)C1CC1. The van der Waals surface area contributed by atoms with Gasteiger partial charge in [-0.15, -0.1) is 0 Å². The van der Waals surface area contributed by atoms with Gasteiger partial charge in [-0.1, -0.05) is 0 Å². The zero-order valence-electron chi connectivity index (χ0n) is 8.48. The van der Waals surface area contributed by atoms with Crippen molar-refractivity contribution in [2.75, 3.05) is 0 Å². The highest BCUT2D eigenvalue weighted by atomic mass is 16.3. The summed E-state index contributed by atoms with van der Waals surface area (Å²) < 4.78 is 1.97. The Hall–Kier alpha value is -0.830. The summed E-state index contributed by atoms with van der Waals surface area (Å²) in [6, 6.07) is 0. The first-order chi connectivity index (χ1) is 6.73. The van der Waals surface area contributed by atoms with Crippen LogP contribution in [0.1, 0.15) is 31.5 Å². The van der Waals surface area contributed by atoms with Crippen molar-refractivity contribution in [1.82, 2.24) is 9.55 Å². The van der Waals surface area contributed by atoms with Gasteiger partial charge < -0.3 is 9.67 Å². The van der Waals surface area contributed by atoms with Gasteiger partial charge in [-0.2, -0.15) is 0 Å². The van der Waals surface area contributed by atoms with E-state index in [4.69, 9.17) is 0 Å². The smallest absolute Gasteiger partial charge is 0.141 e. The maximum absolute atomic E-state index is 10.7. The molecule has 1 aromatic rings. The molecule has 2 saturated carbocycles. The predicted molar refractivity (Wildman–Crippen MR) is 52.6 cm³/mol. The largest absolute Gasteiger partial charge is 0.381 e. The van der Waals surface area contributed by atoms with E-state index in [9.17, 15) is 5.11 Å². The van der Waals surface area contributed by atoms with E-state index in [0.717, 1.165) is 5.82 Å². The molecule has 0 aliphatic heterocycles. The van der Waals surface area contributed by atoms with E-state index in [2.05, 4.69) is 4.98 Å². The van der Waals surface area contributed by atoms with Crippen LogP contribution in [0.4, 0.5) is 0 Å². The lowest BCUT2D eigenvalue weighted by molar-refractivity contribution is -0.0211. The molecule has 0 unspecified atom stereocenters. The Labute approximate surface area is 83.8 Å². The third-order valence-electron chi connectivity index (χ3n) is 3.58. The van der Waals surface area contributed by atoms with Crippen LogP contribution in [0.25, 0.3) is 0 Å².